The Hall–Kier alpha value is -3.28. The molecule has 0 aliphatic rings. The molecule has 1 aromatic carbocycles. The molecule has 2 amide bonds. The Morgan fingerprint density at radius 3 is 2.31 bits per heavy atom. The Morgan fingerprint density at radius 2 is 1.71 bits per heavy atom. The van der Waals surface area contributed by atoms with E-state index in [4.69, 9.17) is 4.74 Å². The van der Waals surface area contributed by atoms with Gasteiger partial charge in [0.15, 0.2) is 6.61 Å². The standard InChI is InChI=1S/C31H49N5O6/c1-20(2)15-24(29(39)30(40)28(21(3)4)26(37)13-9-10-14-32-5)36-31(41)25(16-22-17-33-19-34-22)35-27(38)18-42-23-11-7-6-8-12-23/h6-8,11-12,17,19-21,24-25,28-30,32,39-40H,9-10,13-16,18H2,1-5H3,(H,33,34)(H,35,38)(H,36,41)/t24-,25-,28-,29+,30+/m0/s1. The number of ketones is 1. The van der Waals surface area contributed by atoms with Crippen molar-refractivity contribution in [2.45, 2.75) is 84.1 Å². The number of rotatable bonds is 20. The van der Waals surface area contributed by atoms with E-state index in [2.05, 4.69) is 25.9 Å². The van der Waals surface area contributed by atoms with Crippen LogP contribution in [0, 0.1) is 17.8 Å². The predicted molar refractivity (Wildman–Crippen MR) is 161 cm³/mol. The average Bonchev–Trinajstić information content (AvgIpc) is 3.46. The molecule has 234 valence electrons. The van der Waals surface area contributed by atoms with E-state index in [1.54, 1.807) is 30.5 Å². The van der Waals surface area contributed by atoms with Gasteiger partial charge in [-0.2, -0.15) is 0 Å². The van der Waals surface area contributed by atoms with Crippen LogP contribution in [0.1, 0.15) is 59.1 Å². The summed E-state index contributed by atoms with van der Waals surface area (Å²) in [5.41, 5.74) is 0.629. The Balaban J connectivity index is 2.16. The molecule has 0 spiro atoms. The number of hydrogen-bond donors (Lipinski definition) is 6. The maximum atomic E-state index is 13.6. The fourth-order valence-corrected chi connectivity index (χ4v) is 4.98. The number of H-pyrrole nitrogens is 1. The molecule has 0 bridgehead atoms. The average molecular weight is 588 g/mol. The van der Waals surface area contributed by atoms with Gasteiger partial charge in [-0.25, -0.2) is 4.98 Å². The second-order valence-corrected chi connectivity index (χ2v) is 11.5. The number of aromatic nitrogens is 2. The molecule has 0 radical (unpaired) electrons. The van der Waals surface area contributed by atoms with Crippen molar-refractivity contribution in [1.29, 1.82) is 0 Å². The van der Waals surface area contributed by atoms with Crippen LogP contribution in [0.15, 0.2) is 42.9 Å². The number of amides is 2. The van der Waals surface area contributed by atoms with Crippen LogP contribution in [0.25, 0.3) is 0 Å². The highest BCUT2D eigenvalue weighted by atomic mass is 16.5. The Morgan fingerprint density at radius 1 is 1.00 bits per heavy atom. The van der Waals surface area contributed by atoms with E-state index in [-0.39, 0.29) is 30.6 Å². The fraction of sp³-hybridized carbons (Fsp3) is 0.613. The molecule has 2 aromatic rings. The molecule has 5 atom stereocenters. The number of Topliss-reactive ketones (excluding diaryl/α,β-unsaturated/α-hetero) is 1. The lowest BCUT2D eigenvalue weighted by Crippen LogP contribution is -2.57. The lowest BCUT2D eigenvalue weighted by Gasteiger charge is -2.35. The largest absolute Gasteiger partial charge is 0.484 e. The number of hydrogen-bond acceptors (Lipinski definition) is 8. The lowest BCUT2D eigenvalue weighted by molar-refractivity contribution is -0.136. The Labute approximate surface area is 249 Å². The summed E-state index contributed by atoms with van der Waals surface area (Å²) in [5.74, 6) is -1.54. The molecule has 1 heterocycles. The fourth-order valence-electron chi connectivity index (χ4n) is 4.98. The van der Waals surface area contributed by atoms with Crippen LogP contribution in [0.3, 0.4) is 0 Å². The van der Waals surface area contributed by atoms with E-state index >= 15 is 0 Å². The second-order valence-electron chi connectivity index (χ2n) is 11.5. The van der Waals surface area contributed by atoms with Crippen molar-refractivity contribution in [3.63, 3.8) is 0 Å². The third kappa shape index (κ3) is 11.9. The molecule has 0 saturated carbocycles. The second kappa shape index (κ2) is 18.3. The molecule has 1 aromatic heterocycles. The van der Waals surface area contributed by atoms with Gasteiger partial charge < -0.3 is 35.9 Å². The summed E-state index contributed by atoms with van der Waals surface area (Å²) in [5, 5.41) is 31.2. The zero-order chi connectivity index (χ0) is 31.1. The smallest absolute Gasteiger partial charge is 0.258 e. The van der Waals surface area contributed by atoms with Gasteiger partial charge in [0.05, 0.1) is 18.5 Å². The van der Waals surface area contributed by atoms with Crippen molar-refractivity contribution in [2.24, 2.45) is 17.8 Å². The molecule has 0 fully saturated rings. The molecule has 0 unspecified atom stereocenters. The van der Waals surface area contributed by atoms with Gasteiger partial charge in [-0.05, 0) is 56.8 Å². The number of aliphatic hydroxyl groups is 2. The number of carbonyl (C=O) groups excluding carboxylic acids is 3. The first-order valence-corrected chi connectivity index (χ1v) is 14.8. The molecule has 11 heteroatoms. The van der Waals surface area contributed by atoms with Crippen LogP contribution in [-0.2, 0) is 20.8 Å². The number of para-hydroxylation sites is 1. The van der Waals surface area contributed by atoms with Crippen LogP contribution >= 0.6 is 0 Å². The van der Waals surface area contributed by atoms with Crippen LogP contribution in [0.5, 0.6) is 5.75 Å². The third-order valence-electron chi connectivity index (χ3n) is 7.12. The molecular formula is C31H49N5O6. The van der Waals surface area contributed by atoms with Gasteiger partial charge in [0.25, 0.3) is 5.91 Å². The normalized spacial score (nSPS) is 15.1. The number of unbranched alkanes of at least 4 members (excludes halogenated alkanes) is 1. The van der Waals surface area contributed by atoms with E-state index < -0.39 is 42.0 Å². The SMILES string of the molecule is CNCCCCC(=O)[C@H](C(C)C)[C@@H](O)[C@H](O)[C@H](CC(C)C)NC(=O)[C@H](Cc1cnc[nH]1)NC(=O)COc1ccccc1. The summed E-state index contributed by atoms with van der Waals surface area (Å²) in [6.07, 6.45) is 2.57. The molecule has 42 heavy (non-hydrogen) atoms. The van der Waals surface area contributed by atoms with E-state index in [0.717, 1.165) is 13.0 Å². The minimum Gasteiger partial charge on any atom is -0.484 e. The molecule has 0 saturated heterocycles. The van der Waals surface area contributed by atoms with E-state index in [1.807, 2.05) is 40.8 Å². The monoisotopic (exact) mass is 587 g/mol. The first-order chi connectivity index (χ1) is 20.0. The number of ether oxygens (including phenoxy) is 1. The molecule has 11 nitrogen and oxygen atoms in total. The zero-order valence-electron chi connectivity index (χ0n) is 25.5. The van der Waals surface area contributed by atoms with Crippen molar-refractivity contribution < 1.29 is 29.3 Å². The van der Waals surface area contributed by atoms with E-state index in [9.17, 15) is 24.6 Å². The van der Waals surface area contributed by atoms with E-state index in [0.29, 0.717) is 30.7 Å². The third-order valence-corrected chi connectivity index (χ3v) is 7.12. The van der Waals surface area contributed by atoms with Crippen molar-refractivity contribution in [3.05, 3.63) is 48.5 Å². The first-order valence-electron chi connectivity index (χ1n) is 14.8. The highest BCUT2D eigenvalue weighted by Crippen LogP contribution is 2.25. The highest BCUT2D eigenvalue weighted by Gasteiger charge is 2.39. The first kappa shape index (κ1) is 34.9. The summed E-state index contributed by atoms with van der Waals surface area (Å²) >= 11 is 0. The van der Waals surface area contributed by atoms with Gasteiger partial charge >= 0.3 is 0 Å². The van der Waals surface area contributed by atoms with Crippen LogP contribution in [-0.4, -0.2) is 82.3 Å². The van der Waals surface area contributed by atoms with Crippen molar-refractivity contribution in [3.8, 4) is 5.75 Å². The highest BCUT2D eigenvalue weighted by molar-refractivity contribution is 5.88. The number of benzene rings is 1. The van der Waals surface area contributed by atoms with Crippen molar-refractivity contribution in [2.75, 3.05) is 20.2 Å². The van der Waals surface area contributed by atoms with Gasteiger partial charge in [0.1, 0.15) is 23.7 Å². The van der Waals surface area contributed by atoms with Gasteiger partial charge in [-0.1, -0.05) is 45.9 Å². The Bertz CT molecular complexity index is 1060. The van der Waals surface area contributed by atoms with Crippen molar-refractivity contribution >= 4 is 17.6 Å². The van der Waals surface area contributed by atoms with Gasteiger partial charge in [0.2, 0.25) is 5.91 Å². The zero-order valence-corrected chi connectivity index (χ0v) is 25.5. The number of carbonyl (C=O) groups is 3. The quantitative estimate of drug-likeness (QED) is 0.128. The summed E-state index contributed by atoms with van der Waals surface area (Å²) in [6, 6.07) is 7.00. The van der Waals surface area contributed by atoms with Gasteiger partial charge in [-0.3, -0.25) is 14.4 Å². The van der Waals surface area contributed by atoms with Crippen LogP contribution in [0.2, 0.25) is 0 Å². The number of nitrogens with zero attached hydrogens (tertiary/aromatic N) is 1. The maximum Gasteiger partial charge on any atom is 0.258 e. The van der Waals surface area contributed by atoms with Crippen LogP contribution in [0.4, 0.5) is 0 Å². The maximum absolute atomic E-state index is 13.6. The van der Waals surface area contributed by atoms with Gasteiger partial charge in [-0.15, -0.1) is 0 Å². The number of nitrogens with one attached hydrogen (secondary N) is 4. The number of aromatic amines is 1. The lowest BCUT2D eigenvalue weighted by atomic mass is 9.80. The number of aliphatic hydroxyl groups excluding tert-OH is 2. The minimum absolute atomic E-state index is 0.0619. The molecule has 0 aliphatic carbocycles. The molecule has 0 aliphatic heterocycles. The van der Waals surface area contributed by atoms with Gasteiger partial charge in [0, 0.05) is 30.7 Å². The van der Waals surface area contributed by atoms with Crippen LogP contribution < -0.4 is 20.7 Å². The molecule has 2 rings (SSSR count). The predicted octanol–water partition coefficient (Wildman–Crippen LogP) is 2.00. The van der Waals surface area contributed by atoms with E-state index in [1.165, 1.54) is 6.33 Å². The Kier molecular flexibility index (Phi) is 15.2. The summed E-state index contributed by atoms with van der Waals surface area (Å²) in [4.78, 5) is 46.3. The summed E-state index contributed by atoms with van der Waals surface area (Å²) < 4.78 is 5.53. The topological polar surface area (TPSA) is 166 Å². The molecular weight excluding hydrogens is 538 g/mol. The summed E-state index contributed by atoms with van der Waals surface area (Å²) in [6.45, 7) is 8.07. The van der Waals surface area contributed by atoms with Crippen molar-refractivity contribution in [1.82, 2.24) is 25.9 Å². The molecule has 6 N–H and O–H groups in total. The minimum atomic E-state index is -1.39. The summed E-state index contributed by atoms with van der Waals surface area (Å²) in [7, 11) is 1.85. The number of imidazole rings is 1.